The second-order valence-corrected chi connectivity index (χ2v) is 10.0. The van der Waals surface area contributed by atoms with E-state index < -0.39 is 0 Å². The van der Waals surface area contributed by atoms with Crippen molar-refractivity contribution in [2.75, 3.05) is 25.7 Å². The number of furan rings is 1. The predicted octanol–water partition coefficient (Wildman–Crippen LogP) is 4.79. The number of nitrogens with zero attached hydrogens (tertiary/aromatic N) is 6. The average Bonchev–Trinajstić information content (AvgIpc) is 3.77. The van der Waals surface area contributed by atoms with Crippen LogP contribution >= 0.6 is 11.3 Å². The summed E-state index contributed by atoms with van der Waals surface area (Å²) in [4.78, 5) is 20.2. The van der Waals surface area contributed by atoms with Crippen molar-refractivity contribution in [3.05, 3.63) is 77.7 Å². The Morgan fingerprint density at radius 1 is 1.12 bits per heavy atom. The summed E-state index contributed by atoms with van der Waals surface area (Å²) in [6, 6.07) is 13.2. The molecule has 0 radical (unpaired) electrons. The van der Waals surface area contributed by atoms with Crippen LogP contribution in [0.15, 0.2) is 65.5 Å². The van der Waals surface area contributed by atoms with E-state index >= 15 is 0 Å². The zero-order chi connectivity index (χ0) is 27.2. The molecule has 40 heavy (non-hydrogen) atoms. The number of ether oxygens (including phenoxy) is 3. The first-order valence-corrected chi connectivity index (χ1v) is 13.3. The van der Waals surface area contributed by atoms with Gasteiger partial charge in [0, 0.05) is 24.4 Å². The minimum atomic E-state index is -0.0973. The number of hydrogen-bond acceptors (Lipinski definition) is 10. The van der Waals surface area contributed by atoms with Gasteiger partial charge in [0.25, 0.3) is 11.1 Å². The molecule has 0 spiro atoms. The van der Waals surface area contributed by atoms with Crippen molar-refractivity contribution in [3.8, 4) is 28.1 Å². The molecule has 4 aromatic heterocycles. The summed E-state index contributed by atoms with van der Waals surface area (Å²) in [5.41, 5.74) is 4.76. The Hall–Kier alpha value is -4.97. The molecule has 7 rings (SSSR count). The molecule has 200 valence electrons. The van der Waals surface area contributed by atoms with Gasteiger partial charge in [-0.3, -0.25) is 4.79 Å². The zero-order valence-electron chi connectivity index (χ0n) is 21.5. The van der Waals surface area contributed by atoms with Gasteiger partial charge in [-0.25, -0.2) is 9.50 Å². The second-order valence-electron chi connectivity index (χ2n) is 9.11. The van der Waals surface area contributed by atoms with E-state index in [0.717, 1.165) is 28.6 Å². The highest BCUT2D eigenvalue weighted by molar-refractivity contribution is 7.18. The minimum absolute atomic E-state index is 0.0973. The molecule has 2 aromatic carbocycles. The fraction of sp³-hybridized carbons (Fsp3) is 0.179. The molecule has 5 heterocycles. The van der Waals surface area contributed by atoms with Gasteiger partial charge in [0.2, 0.25) is 4.96 Å². The molecule has 0 N–H and O–H groups in total. The summed E-state index contributed by atoms with van der Waals surface area (Å²) in [5, 5.41) is 13.3. The van der Waals surface area contributed by atoms with Crippen molar-refractivity contribution in [2.45, 2.75) is 13.0 Å². The number of fused-ring (bicyclic) bond motifs is 3. The number of carbonyl (C=O) groups excluding carboxylic acids is 1. The molecule has 0 saturated carbocycles. The summed E-state index contributed by atoms with van der Waals surface area (Å²) >= 11 is 1.35. The van der Waals surface area contributed by atoms with Gasteiger partial charge in [0.05, 0.1) is 43.8 Å². The largest absolute Gasteiger partial charge is 0.496 e. The normalized spacial score (nSPS) is 12.7. The Balaban J connectivity index is 1.18. The Labute approximate surface area is 231 Å². The van der Waals surface area contributed by atoms with E-state index in [1.54, 1.807) is 35.9 Å². The summed E-state index contributed by atoms with van der Waals surface area (Å²) < 4.78 is 24.9. The van der Waals surface area contributed by atoms with E-state index in [9.17, 15) is 4.79 Å². The molecule has 12 heteroatoms. The van der Waals surface area contributed by atoms with Crippen molar-refractivity contribution in [1.82, 2.24) is 24.8 Å². The number of amides is 1. The number of benzene rings is 2. The topological polar surface area (TPSA) is 117 Å². The van der Waals surface area contributed by atoms with Crippen LogP contribution in [0.2, 0.25) is 0 Å². The molecule has 0 atom stereocenters. The Morgan fingerprint density at radius 2 is 2.05 bits per heavy atom. The molecule has 0 aliphatic carbocycles. The first-order chi connectivity index (χ1) is 19.6. The predicted molar refractivity (Wildman–Crippen MR) is 147 cm³/mol. The maximum atomic E-state index is 13.1. The van der Waals surface area contributed by atoms with Gasteiger partial charge in [-0.15, -0.1) is 5.10 Å². The van der Waals surface area contributed by atoms with Crippen LogP contribution in [-0.4, -0.2) is 51.5 Å². The lowest BCUT2D eigenvalue weighted by atomic mass is 10.1. The van der Waals surface area contributed by atoms with Gasteiger partial charge >= 0.3 is 0 Å². The first kappa shape index (κ1) is 24.1. The Bertz CT molecular complexity index is 1850. The maximum Gasteiger partial charge on any atom is 0.294 e. The number of anilines is 1. The molecule has 0 fully saturated rings. The lowest BCUT2D eigenvalue weighted by molar-refractivity contribution is 0.0989. The quantitative estimate of drug-likeness (QED) is 0.274. The fourth-order valence-corrected chi connectivity index (χ4v) is 5.61. The number of imidazole rings is 1. The average molecular weight is 555 g/mol. The van der Waals surface area contributed by atoms with Crippen LogP contribution in [0.1, 0.15) is 21.5 Å². The van der Waals surface area contributed by atoms with Crippen molar-refractivity contribution in [1.29, 1.82) is 0 Å². The lowest BCUT2D eigenvalue weighted by Crippen LogP contribution is -2.28. The fourth-order valence-electron chi connectivity index (χ4n) is 4.91. The number of hydrogen-bond donors (Lipinski definition) is 0. The third-order valence-corrected chi connectivity index (χ3v) is 7.73. The lowest BCUT2D eigenvalue weighted by Gasteiger charge is -2.18. The summed E-state index contributed by atoms with van der Waals surface area (Å²) in [7, 11) is 3.18. The highest BCUT2D eigenvalue weighted by Crippen LogP contribution is 2.38. The zero-order valence-corrected chi connectivity index (χ0v) is 22.3. The number of methoxy groups -OCH3 is 2. The van der Waals surface area contributed by atoms with Gasteiger partial charge in [-0.1, -0.05) is 12.1 Å². The highest BCUT2D eigenvalue weighted by atomic mass is 32.1. The minimum Gasteiger partial charge on any atom is -0.496 e. The van der Waals surface area contributed by atoms with Gasteiger partial charge in [0.1, 0.15) is 29.4 Å². The third kappa shape index (κ3) is 4.09. The molecular formula is C28H22N6O5S. The van der Waals surface area contributed by atoms with E-state index in [2.05, 4.69) is 20.3 Å². The van der Waals surface area contributed by atoms with Crippen LogP contribution in [0.5, 0.6) is 16.7 Å². The van der Waals surface area contributed by atoms with Crippen molar-refractivity contribution in [3.63, 3.8) is 0 Å². The van der Waals surface area contributed by atoms with Crippen LogP contribution in [0, 0.1) is 0 Å². The monoisotopic (exact) mass is 554 g/mol. The molecule has 6 aromatic rings. The first-order valence-electron chi connectivity index (χ1n) is 12.5. The van der Waals surface area contributed by atoms with Gasteiger partial charge < -0.3 is 23.5 Å². The summed E-state index contributed by atoms with van der Waals surface area (Å²) in [6.07, 6.45) is 5.54. The number of rotatable bonds is 7. The third-order valence-electron chi connectivity index (χ3n) is 6.84. The van der Waals surface area contributed by atoms with Crippen LogP contribution in [0.4, 0.5) is 5.69 Å². The summed E-state index contributed by atoms with van der Waals surface area (Å²) in [6.45, 7) is 0.902. The molecule has 1 amide bonds. The van der Waals surface area contributed by atoms with E-state index in [0.29, 0.717) is 57.4 Å². The smallest absolute Gasteiger partial charge is 0.294 e. The highest BCUT2D eigenvalue weighted by Gasteiger charge is 2.27. The van der Waals surface area contributed by atoms with Crippen LogP contribution in [0.3, 0.4) is 0 Å². The van der Waals surface area contributed by atoms with Crippen molar-refractivity contribution < 1.29 is 23.4 Å². The molecule has 0 unspecified atom stereocenters. The molecule has 1 aliphatic heterocycles. The summed E-state index contributed by atoms with van der Waals surface area (Å²) in [5.74, 6) is 1.73. The molecule has 1 aliphatic rings. The number of carbonyl (C=O) groups is 1. The van der Waals surface area contributed by atoms with Gasteiger partial charge in [-0.05, 0) is 47.1 Å². The van der Waals surface area contributed by atoms with E-state index in [1.165, 1.54) is 23.7 Å². The molecular weight excluding hydrogens is 532 g/mol. The van der Waals surface area contributed by atoms with Crippen molar-refractivity contribution in [2.24, 2.45) is 0 Å². The van der Waals surface area contributed by atoms with E-state index in [4.69, 9.17) is 18.6 Å². The van der Waals surface area contributed by atoms with E-state index in [1.807, 2.05) is 36.4 Å². The Morgan fingerprint density at radius 3 is 2.85 bits per heavy atom. The van der Waals surface area contributed by atoms with Gasteiger partial charge in [0.15, 0.2) is 5.76 Å². The molecule has 0 saturated heterocycles. The standard InChI is InChI=1S/C28H22N6O5S/c1-36-18-10-23(20-12-25(39-24(20)11-18)21-14-34-27(31-21)40-28(32-34)37-2)38-15-17-4-3-5-22-19(17)7-9-33(22)26(35)16-6-8-29-30-13-16/h3-6,8,10-14H,7,9,15H2,1-2H3. The molecule has 0 bridgehead atoms. The van der Waals surface area contributed by atoms with Gasteiger partial charge in [-0.2, -0.15) is 10.2 Å². The number of aromatic nitrogens is 5. The van der Waals surface area contributed by atoms with Crippen LogP contribution < -0.4 is 19.1 Å². The van der Waals surface area contributed by atoms with Crippen LogP contribution in [-0.2, 0) is 13.0 Å². The second kappa shape index (κ2) is 9.65. The van der Waals surface area contributed by atoms with Crippen molar-refractivity contribution >= 4 is 38.9 Å². The Kier molecular flexibility index (Phi) is 5.81. The maximum absolute atomic E-state index is 13.1. The van der Waals surface area contributed by atoms with Crippen LogP contribution in [0.25, 0.3) is 27.4 Å². The molecule has 11 nitrogen and oxygen atoms in total. The van der Waals surface area contributed by atoms with E-state index in [-0.39, 0.29) is 5.91 Å². The SMILES string of the molecule is COc1cc(OCc2cccc3c2CCN3C(=O)c2ccnnc2)c2cc(-c3cn4nc(OC)sc4n3)oc2c1.